The quantitative estimate of drug-likeness (QED) is 0.128. The van der Waals surface area contributed by atoms with Gasteiger partial charge in [0.15, 0.2) is 5.69 Å². The molecule has 0 fully saturated rings. The predicted octanol–water partition coefficient (Wildman–Crippen LogP) is 18.9. The van der Waals surface area contributed by atoms with Gasteiger partial charge in [0.2, 0.25) is 0 Å². The molecule has 0 aliphatic heterocycles. The Labute approximate surface area is 423 Å². The van der Waals surface area contributed by atoms with E-state index in [1.54, 1.807) is 12.1 Å². The standard InChI is InChI=1S/C70H32N4/c1-74-64-27-42(35-72)47-25-23-38-11-3-5-17-45(38)69(47)70(64)63-33-59-56-28-52-48-18-6-12-39-14-8-20-50(65(39)48)54(52)30-60(56)62(67-43(36-73)26-41(34-71)46-24-22-37-10-2-4-16-44(37)68(46)67)32-58(59)57-29-53-49-19-7-13-40-15-9-21-51(66(40)49)55(53)31-61(57)63/h2-33H. The van der Waals surface area contributed by atoms with Gasteiger partial charge >= 0.3 is 0 Å². The molecule has 16 rings (SSSR count). The highest BCUT2D eigenvalue weighted by molar-refractivity contribution is 6.32. The van der Waals surface area contributed by atoms with Crippen LogP contribution in [0.25, 0.3) is 169 Å². The summed E-state index contributed by atoms with van der Waals surface area (Å²) in [5.41, 5.74) is 14.3. The van der Waals surface area contributed by atoms with Crippen molar-refractivity contribution >= 4 is 103 Å². The van der Waals surface area contributed by atoms with Gasteiger partial charge in [-0.1, -0.05) is 146 Å². The molecule has 0 aromatic heterocycles. The van der Waals surface area contributed by atoms with E-state index in [2.05, 4.69) is 169 Å². The molecular weight excluding hydrogens is 897 g/mol. The van der Waals surface area contributed by atoms with E-state index in [9.17, 15) is 15.8 Å². The van der Waals surface area contributed by atoms with Gasteiger partial charge in [0, 0.05) is 21.9 Å². The third kappa shape index (κ3) is 5.10. The Morgan fingerprint density at radius 3 is 1.11 bits per heavy atom. The van der Waals surface area contributed by atoms with Crippen molar-refractivity contribution in [2.45, 2.75) is 0 Å². The summed E-state index contributed by atoms with van der Waals surface area (Å²) in [5, 5.41) is 50.8. The molecule has 332 valence electrons. The summed E-state index contributed by atoms with van der Waals surface area (Å²) in [7, 11) is 0. The van der Waals surface area contributed by atoms with E-state index in [1.165, 1.54) is 38.2 Å². The third-order valence-electron chi connectivity index (χ3n) is 16.4. The van der Waals surface area contributed by atoms with Crippen LogP contribution in [0.15, 0.2) is 194 Å². The molecule has 2 aliphatic rings. The van der Waals surface area contributed by atoms with Gasteiger partial charge in [-0.2, -0.15) is 15.8 Å². The first-order valence-corrected chi connectivity index (χ1v) is 24.7. The number of benzene rings is 14. The van der Waals surface area contributed by atoms with E-state index in [4.69, 9.17) is 6.57 Å². The van der Waals surface area contributed by atoms with Crippen molar-refractivity contribution in [2.75, 3.05) is 0 Å². The Kier molecular flexibility index (Phi) is 7.86. The summed E-state index contributed by atoms with van der Waals surface area (Å²) in [5.74, 6) is 0. The molecule has 14 aromatic rings. The molecule has 0 radical (unpaired) electrons. The Morgan fingerprint density at radius 2 is 0.649 bits per heavy atom. The van der Waals surface area contributed by atoms with Crippen LogP contribution >= 0.6 is 0 Å². The first-order chi connectivity index (χ1) is 36.5. The predicted molar refractivity (Wildman–Crippen MR) is 304 cm³/mol. The molecule has 74 heavy (non-hydrogen) atoms. The summed E-state index contributed by atoms with van der Waals surface area (Å²) in [6.07, 6.45) is 0. The lowest BCUT2D eigenvalue weighted by atomic mass is 9.81. The molecule has 0 saturated heterocycles. The van der Waals surface area contributed by atoms with Crippen LogP contribution in [0.5, 0.6) is 0 Å². The maximum absolute atomic E-state index is 11.3. The van der Waals surface area contributed by atoms with Gasteiger partial charge in [-0.05, 0) is 196 Å². The average Bonchev–Trinajstić information content (AvgIpc) is 3.96. The molecule has 0 atom stereocenters. The van der Waals surface area contributed by atoms with E-state index >= 15 is 0 Å². The van der Waals surface area contributed by atoms with Crippen LogP contribution in [-0.4, -0.2) is 0 Å². The second-order valence-electron chi connectivity index (χ2n) is 19.8. The van der Waals surface area contributed by atoms with Crippen LogP contribution in [0.2, 0.25) is 0 Å². The van der Waals surface area contributed by atoms with Gasteiger partial charge in [0.25, 0.3) is 0 Å². The van der Waals surface area contributed by atoms with E-state index in [0.29, 0.717) is 22.4 Å². The molecule has 0 unspecified atom stereocenters. The SMILES string of the molecule is [C-]#[N+]c1cc(C#N)c2ccc3ccccc3c2c1-c1cc2c3cc4c(cc3c(-c3c(C#N)cc(C#N)c5ccc6ccccc6c35)cc2c2cc3c(cc12)-c1cccc2cccc-3c12)-c1cccc2cccc-4c12. The number of hydrogen-bond donors (Lipinski definition) is 0. The number of rotatable bonds is 2. The summed E-state index contributed by atoms with van der Waals surface area (Å²) in [6.45, 7) is 8.86. The fourth-order valence-electron chi connectivity index (χ4n) is 13.3. The molecule has 0 spiro atoms. The Morgan fingerprint density at radius 1 is 0.270 bits per heavy atom. The summed E-state index contributed by atoms with van der Waals surface area (Å²) in [4.78, 5) is 4.28. The first-order valence-electron chi connectivity index (χ1n) is 24.7. The van der Waals surface area contributed by atoms with Gasteiger partial charge in [-0.25, -0.2) is 4.85 Å². The van der Waals surface area contributed by atoms with Gasteiger partial charge in [-0.15, -0.1) is 0 Å². The minimum absolute atomic E-state index is 0.412. The van der Waals surface area contributed by atoms with Crippen molar-refractivity contribution in [2.24, 2.45) is 0 Å². The lowest BCUT2D eigenvalue weighted by molar-refractivity contribution is 1.47. The summed E-state index contributed by atoms with van der Waals surface area (Å²) < 4.78 is 0. The summed E-state index contributed by atoms with van der Waals surface area (Å²) in [6, 6.07) is 75.9. The zero-order chi connectivity index (χ0) is 49.1. The fourth-order valence-corrected chi connectivity index (χ4v) is 13.3. The molecule has 0 saturated carbocycles. The van der Waals surface area contributed by atoms with Crippen molar-refractivity contribution in [1.82, 2.24) is 0 Å². The number of nitrogens with zero attached hydrogens (tertiary/aromatic N) is 4. The molecule has 4 heteroatoms. The molecule has 0 heterocycles. The highest BCUT2D eigenvalue weighted by atomic mass is 14.7. The van der Waals surface area contributed by atoms with Crippen LogP contribution in [-0.2, 0) is 0 Å². The van der Waals surface area contributed by atoms with Gasteiger partial charge in [-0.3, -0.25) is 0 Å². The second-order valence-corrected chi connectivity index (χ2v) is 19.8. The van der Waals surface area contributed by atoms with E-state index < -0.39 is 0 Å². The third-order valence-corrected chi connectivity index (χ3v) is 16.4. The van der Waals surface area contributed by atoms with Crippen molar-refractivity contribution in [3.63, 3.8) is 0 Å². The molecular formula is C70H32N4. The van der Waals surface area contributed by atoms with Crippen LogP contribution in [0.4, 0.5) is 5.69 Å². The fraction of sp³-hybridized carbons (Fsp3) is 0. The second kappa shape index (κ2) is 14.5. The minimum atomic E-state index is 0.412. The van der Waals surface area contributed by atoms with Gasteiger partial charge in [0.1, 0.15) is 0 Å². The summed E-state index contributed by atoms with van der Waals surface area (Å²) >= 11 is 0. The van der Waals surface area contributed by atoms with E-state index in [1.807, 2.05) is 36.4 Å². The van der Waals surface area contributed by atoms with Gasteiger partial charge in [0.05, 0.1) is 35.9 Å². The maximum atomic E-state index is 11.3. The maximum Gasteiger partial charge on any atom is 0.196 e. The lowest BCUT2D eigenvalue weighted by Crippen LogP contribution is -1.96. The van der Waals surface area contributed by atoms with Crippen LogP contribution in [0, 0.1) is 40.6 Å². The normalized spacial score (nSPS) is 12.0. The highest BCUT2D eigenvalue weighted by Gasteiger charge is 2.29. The van der Waals surface area contributed by atoms with E-state index in [-0.39, 0.29) is 0 Å². The number of fused-ring (bicyclic) bond motifs is 17. The van der Waals surface area contributed by atoms with Crippen molar-refractivity contribution in [3.8, 4) is 85.0 Å². The number of hydrogen-bond acceptors (Lipinski definition) is 3. The molecule has 4 nitrogen and oxygen atoms in total. The molecule has 0 amide bonds. The minimum Gasteiger partial charge on any atom is -0.237 e. The van der Waals surface area contributed by atoms with Crippen molar-refractivity contribution in [3.05, 3.63) is 222 Å². The lowest BCUT2D eigenvalue weighted by Gasteiger charge is -2.22. The molecule has 0 bridgehead atoms. The monoisotopic (exact) mass is 928 g/mol. The van der Waals surface area contributed by atoms with E-state index in [0.717, 1.165) is 125 Å². The Hall–Kier alpha value is -10.6. The zero-order valence-electron chi connectivity index (χ0n) is 39.3. The number of nitriles is 3. The topological polar surface area (TPSA) is 75.7 Å². The smallest absolute Gasteiger partial charge is 0.196 e. The zero-order valence-corrected chi connectivity index (χ0v) is 39.3. The Balaban J connectivity index is 1.17. The van der Waals surface area contributed by atoms with Crippen LogP contribution in [0.1, 0.15) is 16.7 Å². The van der Waals surface area contributed by atoms with Crippen LogP contribution in [0.3, 0.4) is 0 Å². The highest BCUT2D eigenvalue weighted by Crippen LogP contribution is 2.56. The molecule has 2 aliphatic carbocycles. The first kappa shape index (κ1) is 40.1. The molecule has 14 aromatic carbocycles. The molecule has 0 N–H and O–H groups in total. The van der Waals surface area contributed by atoms with Crippen LogP contribution < -0.4 is 0 Å². The Bertz CT molecular complexity index is 4900. The average molecular weight is 929 g/mol. The van der Waals surface area contributed by atoms with Crippen molar-refractivity contribution < 1.29 is 0 Å². The van der Waals surface area contributed by atoms with Crippen molar-refractivity contribution in [1.29, 1.82) is 15.8 Å². The van der Waals surface area contributed by atoms with Gasteiger partial charge < -0.3 is 0 Å². The largest absolute Gasteiger partial charge is 0.237 e.